The number of Topliss-reactive ketones (excluding diaryl/α,β-unsaturated/α-hetero) is 1. The van der Waals surface area contributed by atoms with Crippen molar-refractivity contribution < 1.29 is 19.1 Å². The minimum Gasteiger partial charge on any atom is -0.481 e. The average molecular weight is 294 g/mol. The van der Waals surface area contributed by atoms with E-state index < -0.39 is 18.0 Å². The Morgan fingerprint density at radius 3 is 2.70 bits per heavy atom. The first-order valence-corrected chi connectivity index (χ1v) is 7.53. The first kappa shape index (κ1) is 14.9. The highest BCUT2D eigenvalue weighted by molar-refractivity contribution is 7.99. The van der Waals surface area contributed by atoms with Gasteiger partial charge in [-0.05, 0) is 18.1 Å². The number of carbonyl (C=O) groups is 2. The summed E-state index contributed by atoms with van der Waals surface area (Å²) in [6.45, 7) is 3.67. The van der Waals surface area contributed by atoms with Gasteiger partial charge in [0.15, 0.2) is 11.9 Å². The summed E-state index contributed by atoms with van der Waals surface area (Å²) in [6.07, 6.45) is -0.596. The van der Waals surface area contributed by atoms with Crippen molar-refractivity contribution in [2.45, 2.75) is 24.8 Å². The summed E-state index contributed by atoms with van der Waals surface area (Å²) in [5, 5.41) is 0. The van der Waals surface area contributed by atoms with Gasteiger partial charge in [0.2, 0.25) is 0 Å². The van der Waals surface area contributed by atoms with Gasteiger partial charge in [0.25, 0.3) is 0 Å². The van der Waals surface area contributed by atoms with E-state index in [1.54, 1.807) is 11.8 Å². The van der Waals surface area contributed by atoms with E-state index in [4.69, 9.17) is 9.47 Å². The number of benzene rings is 1. The predicted octanol–water partition coefficient (Wildman–Crippen LogP) is 2.55. The van der Waals surface area contributed by atoms with Crippen molar-refractivity contribution in [3.8, 4) is 5.75 Å². The van der Waals surface area contributed by atoms with E-state index in [0.29, 0.717) is 11.5 Å². The Bertz CT molecular complexity index is 512. The number of rotatable bonds is 4. The Balaban J connectivity index is 2.16. The number of ketones is 1. The van der Waals surface area contributed by atoms with Crippen LogP contribution >= 0.6 is 11.8 Å². The molecule has 0 saturated carbocycles. The van der Waals surface area contributed by atoms with Crippen molar-refractivity contribution in [3.63, 3.8) is 0 Å². The molecule has 0 fully saturated rings. The lowest BCUT2D eigenvalue weighted by Gasteiger charge is -2.28. The molecule has 1 aliphatic heterocycles. The molecule has 0 aliphatic carbocycles. The standard InChI is InChI=1S/C15H18O4S/c1-9(2)13(15(17)18-3)14(16)11-8-20-12-7-5-4-6-10(12)19-11/h4-7,9,11,13H,8H2,1-3H3. The van der Waals surface area contributed by atoms with Crippen LogP contribution in [-0.2, 0) is 14.3 Å². The van der Waals surface area contributed by atoms with Gasteiger partial charge in [-0.15, -0.1) is 11.8 Å². The van der Waals surface area contributed by atoms with Crippen molar-refractivity contribution in [1.82, 2.24) is 0 Å². The summed E-state index contributed by atoms with van der Waals surface area (Å²) in [7, 11) is 1.30. The fraction of sp³-hybridized carbons (Fsp3) is 0.467. The van der Waals surface area contributed by atoms with Crippen molar-refractivity contribution in [2.24, 2.45) is 11.8 Å². The Morgan fingerprint density at radius 1 is 1.35 bits per heavy atom. The Labute approximate surface area is 122 Å². The molecule has 108 valence electrons. The number of methoxy groups -OCH3 is 1. The highest BCUT2D eigenvalue weighted by Gasteiger charge is 2.38. The molecule has 1 aromatic rings. The summed E-state index contributed by atoms with van der Waals surface area (Å²) in [6, 6.07) is 7.60. The van der Waals surface area contributed by atoms with E-state index in [0.717, 1.165) is 4.90 Å². The first-order valence-electron chi connectivity index (χ1n) is 6.54. The van der Waals surface area contributed by atoms with Crippen molar-refractivity contribution >= 4 is 23.5 Å². The molecule has 0 saturated heterocycles. The highest BCUT2D eigenvalue weighted by Crippen LogP contribution is 2.36. The van der Waals surface area contributed by atoms with Gasteiger partial charge in [-0.3, -0.25) is 9.59 Å². The molecule has 0 spiro atoms. The van der Waals surface area contributed by atoms with E-state index >= 15 is 0 Å². The molecule has 1 heterocycles. The van der Waals surface area contributed by atoms with Crippen LogP contribution in [0.1, 0.15) is 13.8 Å². The molecular formula is C15H18O4S. The molecular weight excluding hydrogens is 276 g/mol. The molecule has 1 aromatic carbocycles. The van der Waals surface area contributed by atoms with Crippen LogP contribution in [0.5, 0.6) is 5.75 Å². The molecule has 1 aliphatic rings. The van der Waals surface area contributed by atoms with Gasteiger partial charge < -0.3 is 9.47 Å². The fourth-order valence-corrected chi connectivity index (χ4v) is 3.20. The molecule has 0 amide bonds. The molecule has 5 heteroatoms. The van der Waals surface area contributed by atoms with Gasteiger partial charge in [-0.2, -0.15) is 0 Å². The molecule has 0 N–H and O–H groups in total. The van der Waals surface area contributed by atoms with Crippen molar-refractivity contribution in [3.05, 3.63) is 24.3 Å². The normalized spacial score (nSPS) is 18.9. The number of hydrogen-bond acceptors (Lipinski definition) is 5. The van der Waals surface area contributed by atoms with Crippen LogP contribution in [0.2, 0.25) is 0 Å². The second-order valence-electron chi connectivity index (χ2n) is 5.01. The van der Waals surface area contributed by atoms with E-state index in [2.05, 4.69) is 0 Å². The third-order valence-corrected chi connectivity index (χ3v) is 4.37. The van der Waals surface area contributed by atoms with E-state index in [9.17, 15) is 9.59 Å². The van der Waals surface area contributed by atoms with Crippen LogP contribution in [0.4, 0.5) is 0 Å². The lowest BCUT2D eigenvalue weighted by Crippen LogP contribution is -2.42. The zero-order chi connectivity index (χ0) is 14.7. The minimum absolute atomic E-state index is 0.110. The summed E-state index contributed by atoms with van der Waals surface area (Å²) in [5.41, 5.74) is 0. The summed E-state index contributed by atoms with van der Waals surface area (Å²) in [4.78, 5) is 25.3. The van der Waals surface area contributed by atoms with E-state index in [1.807, 2.05) is 38.1 Å². The molecule has 2 rings (SSSR count). The van der Waals surface area contributed by atoms with Crippen LogP contribution in [0.25, 0.3) is 0 Å². The number of ether oxygens (including phenoxy) is 2. The zero-order valence-corrected chi connectivity index (χ0v) is 12.6. The average Bonchev–Trinajstić information content (AvgIpc) is 2.46. The number of fused-ring (bicyclic) bond motifs is 1. The molecule has 0 bridgehead atoms. The van der Waals surface area contributed by atoms with Crippen LogP contribution in [-0.4, -0.2) is 30.7 Å². The minimum atomic E-state index is -0.768. The highest BCUT2D eigenvalue weighted by atomic mass is 32.2. The molecule has 4 nitrogen and oxygen atoms in total. The lowest BCUT2D eigenvalue weighted by atomic mass is 9.89. The summed E-state index contributed by atoms with van der Waals surface area (Å²) < 4.78 is 10.5. The Morgan fingerprint density at radius 2 is 2.05 bits per heavy atom. The van der Waals surface area contributed by atoms with Gasteiger partial charge in [0.1, 0.15) is 11.7 Å². The predicted molar refractivity (Wildman–Crippen MR) is 76.9 cm³/mol. The lowest BCUT2D eigenvalue weighted by molar-refractivity contribution is -0.153. The monoisotopic (exact) mass is 294 g/mol. The van der Waals surface area contributed by atoms with Gasteiger partial charge in [0, 0.05) is 10.6 Å². The molecule has 2 unspecified atom stereocenters. The third kappa shape index (κ3) is 2.98. The van der Waals surface area contributed by atoms with Crippen LogP contribution in [0.15, 0.2) is 29.2 Å². The van der Waals surface area contributed by atoms with Gasteiger partial charge in [-0.1, -0.05) is 26.0 Å². The van der Waals surface area contributed by atoms with Crippen LogP contribution < -0.4 is 4.74 Å². The largest absolute Gasteiger partial charge is 0.481 e. The Hall–Kier alpha value is -1.49. The molecule has 20 heavy (non-hydrogen) atoms. The molecule has 2 atom stereocenters. The second-order valence-corrected chi connectivity index (χ2v) is 6.07. The number of carbonyl (C=O) groups excluding carboxylic acids is 2. The second kappa shape index (κ2) is 6.31. The number of thioether (sulfide) groups is 1. The summed E-state index contributed by atoms with van der Waals surface area (Å²) >= 11 is 1.58. The number of esters is 1. The maximum atomic E-state index is 12.5. The summed E-state index contributed by atoms with van der Waals surface area (Å²) in [5.74, 6) is -0.340. The van der Waals surface area contributed by atoms with Crippen molar-refractivity contribution in [2.75, 3.05) is 12.9 Å². The number of hydrogen-bond donors (Lipinski definition) is 0. The van der Waals surface area contributed by atoms with E-state index in [-0.39, 0.29) is 11.7 Å². The maximum Gasteiger partial charge on any atom is 0.316 e. The third-order valence-electron chi connectivity index (χ3n) is 3.25. The Kier molecular flexibility index (Phi) is 4.70. The van der Waals surface area contributed by atoms with Crippen molar-refractivity contribution in [1.29, 1.82) is 0 Å². The van der Waals surface area contributed by atoms with Gasteiger partial charge >= 0.3 is 5.97 Å². The van der Waals surface area contributed by atoms with Gasteiger partial charge in [-0.25, -0.2) is 0 Å². The molecule has 0 aromatic heterocycles. The zero-order valence-electron chi connectivity index (χ0n) is 11.8. The van der Waals surface area contributed by atoms with Crippen LogP contribution in [0.3, 0.4) is 0 Å². The van der Waals surface area contributed by atoms with Crippen LogP contribution in [0, 0.1) is 11.8 Å². The smallest absolute Gasteiger partial charge is 0.316 e. The van der Waals surface area contributed by atoms with E-state index in [1.165, 1.54) is 7.11 Å². The SMILES string of the molecule is COC(=O)C(C(=O)C1CSc2ccccc2O1)C(C)C. The quantitative estimate of drug-likeness (QED) is 0.631. The topological polar surface area (TPSA) is 52.6 Å². The first-order chi connectivity index (χ1) is 9.54. The fourth-order valence-electron chi connectivity index (χ4n) is 2.20. The maximum absolute atomic E-state index is 12.5. The number of para-hydroxylation sites is 1. The molecule has 0 radical (unpaired) electrons. The van der Waals surface area contributed by atoms with Gasteiger partial charge in [0.05, 0.1) is 7.11 Å².